The number of aliphatic hydroxyl groups excluding tert-OH is 4. The normalized spacial score (nSPS) is 32.3. The molecular weight excluding hydrogens is 581 g/mol. The Hall–Kier alpha value is -3.56. The smallest absolute Gasteiger partial charge is 0.247 e. The van der Waals surface area contributed by atoms with Crippen LogP contribution in [-0.2, 0) is 19.0 Å². The molecule has 3 fully saturated rings. The zero-order valence-electron chi connectivity index (χ0n) is 24.1. The summed E-state index contributed by atoms with van der Waals surface area (Å²) in [6.07, 6.45) is -4.95. The van der Waals surface area contributed by atoms with E-state index in [0.717, 1.165) is 0 Å². The first kappa shape index (κ1) is 31.9. The van der Waals surface area contributed by atoms with Crippen molar-refractivity contribution in [2.24, 2.45) is 0 Å². The fourth-order valence-electron chi connectivity index (χ4n) is 5.46. The maximum Gasteiger partial charge on any atom is 0.247 e. The Bertz CT molecular complexity index is 1400. The topological polar surface area (TPSA) is 176 Å². The van der Waals surface area contributed by atoms with Gasteiger partial charge in [0.1, 0.15) is 61.6 Å². The number of phenolic OH excluding ortho intramolecular Hbond substituents is 1. The van der Waals surface area contributed by atoms with Gasteiger partial charge in [0.2, 0.25) is 12.2 Å². The molecule has 6 N–H and O–H groups in total. The minimum atomic E-state index is -1.48. The van der Waals surface area contributed by atoms with E-state index < -0.39 is 66.8 Å². The van der Waals surface area contributed by atoms with Gasteiger partial charge in [0, 0.05) is 18.1 Å². The molecule has 0 unspecified atom stereocenters. The Morgan fingerprint density at radius 2 is 1.80 bits per heavy atom. The van der Waals surface area contributed by atoms with E-state index in [0.29, 0.717) is 16.9 Å². The molecule has 44 heavy (non-hydrogen) atoms. The number of benzene rings is 2. The third kappa shape index (κ3) is 7.05. The highest BCUT2D eigenvalue weighted by atomic mass is 19.1. The van der Waals surface area contributed by atoms with Crippen molar-refractivity contribution in [2.45, 2.75) is 75.3 Å². The van der Waals surface area contributed by atoms with Crippen molar-refractivity contribution in [3.63, 3.8) is 0 Å². The van der Waals surface area contributed by atoms with Gasteiger partial charge in [-0.15, -0.1) is 0 Å². The quantitative estimate of drug-likeness (QED) is 0.176. The van der Waals surface area contributed by atoms with Crippen LogP contribution in [0.3, 0.4) is 0 Å². The molecule has 2 saturated heterocycles. The van der Waals surface area contributed by atoms with Crippen LogP contribution in [0.5, 0.6) is 17.2 Å². The highest BCUT2D eigenvalue weighted by Crippen LogP contribution is 2.34. The molecule has 2 aromatic carbocycles. The number of aromatic hydroxyl groups is 1. The number of rotatable bonds is 9. The van der Waals surface area contributed by atoms with Crippen LogP contribution in [-0.4, -0.2) is 99.9 Å². The number of phenols is 1. The van der Waals surface area contributed by atoms with Gasteiger partial charge < -0.3 is 54.5 Å². The van der Waals surface area contributed by atoms with Crippen LogP contribution in [0.25, 0.3) is 6.08 Å². The van der Waals surface area contributed by atoms with Gasteiger partial charge in [-0.1, -0.05) is 12.1 Å². The highest BCUT2D eigenvalue weighted by Gasteiger charge is 2.53. The number of carbonyl (C=O) groups excluding carboxylic acids is 1. The summed E-state index contributed by atoms with van der Waals surface area (Å²) in [7, 11) is 0. The lowest BCUT2D eigenvalue weighted by Gasteiger charge is -2.41. The largest absolute Gasteiger partial charge is 0.504 e. The van der Waals surface area contributed by atoms with Gasteiger partial charge in [0.05, 0.1) is 12.1 Å². The molecule has 13 heteroatoms. The Morgan fingerprint density at radius 3 is 2.52 bits per heavy atom. The molecule has 2 aromatic rings. The predicted molar refractivity (Wildman–Crippen MR) is 152 cm³/mol. The molecule has 238 valence electrons. The number of amides is 1. The maximum absolute atomic E-state index is 13.3. The van der Waals surface area contributed by atoms with E-state index in [1.165, 1.54) is 37.3 Å². The molecule has 2 heterocycles. The lowest BCUT2D eigenvalue weighted by molar-refractivity contribution is -0.155. The van der Waals surface area contributed by atoms with E-state index in [9.17, 15) is 34.7 Å². The molecule has 1 amide bonds. The molecule has 0 aromatic heterocycles. The van der Waals surface area contributed by atoms with Gasteiger partial charge in [0.15, 0.2) is 11.5 Å². The van der Waals surface area contributed by atoms with Crippen molar-refractivity contribution < 1.29 is 58.4 Å². The van der Waals surface area contributed by atoms with E-state index in [1.807, 2.05) is 0 Å². The molecule has 12 nitrogen and oxygen atoms in total. The summed E-state index contributed by atoms with van der Waals surface area (Å²) in [5.41, 5.74) is 1.36. The third-order valence-electron chi connectivity index (χ3n) is 7.87. The van der Waals surface area contributed by atoms with Gasteiger partial charge >= 0.3 is 0 Å². The van der Waals surface area contributed by atoms with Crippen molar-refractivity contribution in [3.8, 4) is 17.2 Å². The number of hydrogen-bond donors (Lipinski definition) is 6. The summed E-state index contributed by atoms with van der Waals surface area (Å²) in [5, 5.41) is 55.0. The Labute approximate surface area is 252 Å². The van der Waals surface area contributed by atoms with Crippen LogP contribution in [0, 0.1) is 5.82 Å². The number of fused-ring (bicyclic) bond motifs is 1. The van der Waals surface area contributed by atoms with Gasteiger partial charge in [-0.2, -0.15) is 0 Å². The number of hydrogen-bond acceptors (Lipinski definition) is 11. The van der Waals surface area contributed by atoms with Crippen molar-refractivity contribution in [2.75, 3.05) is 13.4 Å². The van der Waals surface area contributed by atoms with Gasteiger partial charge in [0.25, 0.3) is 0 Å². The average Bonchev–Trinajstić information content (AvgIpc) is 3.62. The number of aliphatic hydroxyl groups is 4. The fraction of sp³-hybridized carbons (Fsp3) is 0.452. The van der Waals surface area contributed by atoms with Crippen molar-refractivity contribution >= 4 is 12.0 Å². The second-order valence-corrected chi connectivity index (χ2v) is 11.0. The number of carbonyl (C=O) groups is 1. The number of halogens is 1. The average molecular weight is 618 g/mol. The minimum absolute atomic E-state index is 0.106. The molecule has 0 radical (unpaired) electrons. The summed E-state index contributed by atoms with van der Waals surface area (Å²) in [6, 6.07) is 9.05. The Morgan fingerprint density at radius 1 is 1.05 bits per heavy atom. The highest BCUT2D eigenvalue weighted by molar-refractivity contribution is 5.97. The Balaban J connectivity index is 1.15. The molecule has 1 saturated carbocycles. The molecule has 9 atom stereocenters. The summed E-state index contributed by atoms with van der Waals surface area (Å²) >= 11 is 0. The van der Waals surface area contributed by atoms with Crippen molar-refractivity contribution in [1.29, 1.82) is 0 Å². The summed E-state index contributed by atoms with van der Waals surface area (Å²) in [5.74, 6) is -0.760. The van der Waals surface area contributed by atoms with Gasteiger partial charge in [-0.05, 0) is 61.4 Å². The van der Waals surface area contributed by atoms with Crippen LogP contribution in [0.2, 0.25) is 0 Å². The number of ether oxygens (including phenoxy) is 5. The SMILES string of the molecule is C/C(=C\c1ccc(O[C@H]2C[C@H](O)[C@@H](/C(C)=C/COc3cccc(F)c3)O2)c(O)c1)C(=O)N[C@@H]1[C@H](O)[C@@H](O)[C@H]2OCO[C@H]2[C@@H]1O. The summed E-state index contributed by atoms with van der Waals surface area (Å²) in [6.45, 7) is 3.29. The molecule has 2 aliphatic heterocycles. The van der Waals surface area contributed by atoms with Crippen LogP contribution < -0.4 is 14.8 Å². The molecule has 0 bridgehead atoms. The predicted octanol–water partition coefficient (Wildman–Crippen LogP) is 1.14. The van der Waals surface area contributed by atoms with Crippen molar-refractivity contribution in [3.05, 3.63) is 71.1 Å². The van der Waals surface area contributed by atoms with E-state index in [4.69, 9.17) is 23.7 Å². The lowest BCUT2D eigenvalue weighted by atomic mass is 9.83. The van der Waals surface area contributed by atoms with E-state index in [-0.39, 0.29) is 36.9 Å². The van der Waals surface area contributed by atoms with Gasteiger partial charge in [-0.25, -0.2) is 4.39 Å². The van der Waals surface area contributed by atoms with Crippen molar-refractivity contribution in [1.82, 2.24) is 5.32 Å². The first-order chi connectivity index (χ1) is 21.0. The molecule has 1 aliphatic carbocycles. The third-order valence-corrected chi connectivity index (χ3v) is 7.87. The number of nitrogens with one attached hydrogen (secondary N) is 1. The summed E-state index contributed by atoms with van der Waals surface area (Å²) < 4.78 is 41.0. The standard InChI is InChI=1S/C31H36FNO11/c1-15(8-9-40-19-5-3-4-18(32)12-19)28-21(35)13-23(44-28)43-22-7-6-17(11-20(22)34)10-16(2)31(39)33-24-25(36)27(38)30-29(26(24)37)41-14-42-30/h3-8,10-12,21,23-30,34-38H,9,13-14H2,1-2H3,(H,33,39)/b15-8+,16-10+/t21-,23+,24+,25-,26+,27+,28+,29-,30+/m0/s1. The van der Waals surface area contributed by atoms with E-state index in [1.54, 1.807) is 31.2 Å². The first-order valence-corrected chi connectivity index (χ1v) is 14.2. The lowest BCUT2D eigenvalue weighted by Crippen LogP contribution is -2.67. The zero-order chi connectivity index (χ0) is 31.5. The minimum Gasteiger partial charge on any atom is -0.504 e. The molecule has 5 rings (SSSR count). The zero-order valence-corrected chi connectivity index (χ0v) is 24.1. The maximum atomic E-state index is 13.3. The molecule has 3 aliphatic rings. The van der Waals surface area contributed by atoms with Crippen LogP contribution >= 0.6 is 0 Å². The van der Waals surface area contributed by atoms with E-state index in [2.05, 4.69) is 5.32 Å². The second-order valence-electron chi connectivity index (χ2n) is 11.0. The first-order valence-electron chi connectivity index (χ1n) is 14.2. The van der Waals surface area contributed by atoms with Gasteiger partial charge in [-0.3, -0.25) is 4.79 Å². The monoisotopic (exact) mass is 617 g/mol. The van der Waals surface area contributed by atoms with Crippen LogP contribution in [0.1, 0.15) is 25.8 Å². The molecular formula is C31H36FNO11. The fourth-order valence-corrected chi connectivity index (χ4v) is 5.46. The van der Waals surface area contributed by atoms with Crippen LogP contribution in [0.15, 0.2) is 59.7 Å². The van der Waals surface area contributed by atoms with E-state index >= 15 is 0 Å². The Kier molecular flexibility index (Phi) is 9.85. The second kappa shape index (κ2) is 13.6. The van der Waals surface area contributed by atoms with Crippen LogP contribution in [0.4, 0.5) is 4.39 Å². The summed E-state index contributed by atoms with van der Waals surface area (Å²) in [4.78, 5) is 12.8. The molecule has 0 spiro atoms.